The number of alkyl halides is 3. The van der Waals surface area contributed by atoms with Gasteiger partial charge in [0, 0.05) is 25.2 Å². The van der Waals surface area contributed by atoms with E-state index in [-0.39, 0.29) is 17.1 Å². The molecule has 0 saturated heterocycles. The number of rotatable bonds is 5. The number of ether oxygens (including phenoxy) is 1. The lowest BCUT2D eigenvalue weighted by Gasteiger charge is -2.55. The molecule has 7 rings (SSSR count). The highest BCUT2D eigenvalue weighted by atomic mass is 19.4. The van der Waals surface area contributed by atoms with Gasteiger partial charge < -0.3 is 10.1 Å². The highest BCUT2D eigenvalue weighted by Crippen LogP contribution is 2.60. The molecule has 0 atom stereocenters. The summed E-state index contributed by atoms with van der Waals surface area (Å²) in [4.78, 5) is 24.5. The molecule has 5 aliphatic rings. The van der Waals surface area contributed by atoms with Crippen LogP contribution in [-0.4, -0.2) is 33.7 Å². The zero-order valence-electron chi connectivity index (χ0n) is 19.5. The van der Waals surface area contributed by atoms with Crippen LogP contribution in [-0.2, 0) is 24.3 Å². The molecule has 0 spiro atoms. The van der Waals surface area contributed by atoms with Gasteiger partial charge in [0.15, 0.2) is 0 Å². The number of nitrogens with zero attached hydrogens (tertiary/aromatic N) is 3. The van der Waals surface area contributed by atoms with Gasteiger partial charge in [-0.2, -0.15) is 0 Å². The largest absolute Gasteiger partial charge is 0.573 e. The Bertz CT molecular complexity index is 1100. The highest BCUT2D eigenvalue weighted by molar-refractivity contribution is 5.95. The van der Waals surface area contributed by atoms with Gasteiger partial charge in [-0.25, -0.2) is 9.97 Å². The van der Waals surface area contributed by atoms with Gasteiger partial charge in [0.25, 0.3) is 0 Å². The van der Waals surface area contributed by atoms with Crippen LogP contribution >= 0.6 is 0 Å². The second-order valence-corrected chi connectivity index (χ2v) is 11.0. The summed E-state index contributed by atoms with van der Waals surface area (Å²) in [6.45, 7) is 1.72. The maximum atomic E-state index is 13.5. The zero-order chi connectivity index (χ0) is 24.2. The first kappa shape index (κ1) is 22.8. The number of fused-ring (bicyclic) bond motifs is 1. The lowest BCUT2D eigenvalue weighted by Crippen LogP contribution is -2.52. The Balaban J connectivity index is 1.14. The molecular formula is C26H29F3N4O2. The number of halogens is 3. The summed E-state index contributed by atoms with van der Waals surface area (Å²) >= 11 is 0. The van der Waals surface area contributed by atoms with Crippen LogP contribution in [0.5, 0.6) is 5.75 Å². The minimum atomic E-state index is -4.71. The Labute approximate surface area is 202 Å². The van der Waals surface area contributed by atoms with Crippen LogP contribution in [0.4, 0.5) is 19.0 Å². The van der Waals surface area contributed by atoms with Gasteiger partial charge in [-0.1, -0.05) is 12.1 Å². The van der Waals surface area contributed by atoms with Gasteiger partial charge in [0.2, 0.25) is 5.91 Å². The molecule has 186 valence electrons. The van der Waals surface area contributed by atoms with Crippen molar-refractivity contribution in [2.45, 2.75) is 64.4 Å². The SMILES string of the molecule is O=C(Nc1ncnc2c1CCN(Cc1cccc(OC(F)(F)F)c1)C2)C12CC3CC(CC(C3)C1)C2. The van der Waals surface area contributed by atoms with Crippen molar-refractivity contribution in [1.29, 1.82) is 0 Å². The minimum absolute atomic E-state index is 0.126. The molecular weight excluding hydrogens is 457 g/mol. The smallest absolute Gasteiger partial charge is 0.406 e. The van der Waals surface area contributed by atoms with Crippen LogP contribution < -0.4 is 10.1 Å². The Morgan fingerprint density at radius 1 is 1.11 bits per heavy atom. The van der Waals surface area contributed by atoms with Crippen LogP contribution in [0.25, 0.3) is 0 Å². The second kappa shape index (κ2) is 8.47. The van der Waals surface area contributed by atoms with Gasteiger partial charge in [-0.15, -0.1) is 13.2 Å². The molecule has 0 unspecified atom stereocenters. The summed E-state index contributed by atoms with van der Waals surface area (Å²) in [6.07, 6.45) is 4.33. The van der Waals surface area contributed by atoms with Crippen molar-refractivity contribution < 1.29 is 22.7 Å². The summed E-state index contributed by atoms with van der Waals surface area (Å²) in [5.41, 5.74) is 2.32. The predicted molar refractivity (Wildman–Crippen MR) is 122 cm³/mol. The Kier molecular flexibility index (Phi) is 5.51. The van der Waals surface area contributed by atoms with Gasteiger partial charge in [0.05, 0.1) is 11.1 Å². The molecule has 6 nitrogen and oxygen atoms in total. The van der Waals surface area contributed by atoms with E-state index in [0.29, 0.717) is 49.6 Å². The van der Waals surface area contributed by atoms with E-state index < -0.39 is 6.36 Å². The van der Waals surface area contributed by atoms with E-state index in [1.165, 1.54) is 37.7 Å². The molecule has 35 heavy (non-hydrogen) atoms. The number of amides is 1. The summed E-state index contributed by atoms with van der Waals surface area (Å²) in [5, 5.41) is 3.19. The lowest BCUT2D eigenvalue weighted by molar-refractivity contribution is -0.274. The van der Waals surface area contributed by atoms with E-state index in [1.54, 1.807) is 12.1 Å². The minimum Gasteiger partial charge on any atom is -0.406 e. The fraction of sp³-hybridized carbons (Fsp3) is 0.577. The summed E-state index contributed by atoms with van der Waals surface area (Å²) in [6, 6.07) is 6.07. The molecule has 1 aromatic carbocycles. The molecule has 0 radical (unpaired) electrons. The Morgan fingerprint density at radius 3 is 2.51 bits per heavy atom. The van der Waals surface area contributed by atoms with Gasteiger partial charge >= 0.3 is 6.36 Å². The molecule has 1 N–H and O–H groups in total. The number of aromatic nitrogens is 2. The third-order valence-corrected chi connectivity index (χ3v) is 8.38. The van der Waals surface area contributed by atoms with E-state index in [9.17, 15) is 18.0 Å². The van der Waals surface area contributed by atoms with E-state index in [2.05, 4.69) is 24.9 Å². The molecule has 4 bridgehead atoms. The average Bonchev–Trinajstić information content (AvgIpc) is 2.77. The first-order valence-corrected chi connectivity index (χ1v) is 12.5. The van der Waals surface area contributed by atoms with Crippen LogP contribution in [0, 0.1) is 23.2 Å². The van der Waals surface area contributed by atoms with Crippen LogP contribution in [0.2, 0.25) is 0 Å². The second-order valence-electron chi connectivity index (χ2n) is 11.0. The van der Waals surface area contributed by atoms with Crippen molar-refractivity contribution in [2.75, 3.05) is 11.9 Å². The standard InChI is InChI=1S/C26H29F3N4O2/c27-26(28,29)35-20-3-1-2-16(9-20)13-33-5-4-21-22(14-33)30-15-31-23(21)32-24(34)25-10-17-6-18(11-25)8-19(7-17)12-25/h1-3,9,15,17-19H,4-8,10-14H2,(H,30,31,32,34). The van der Waals surface area contributed by atoms with Gasteiger partial charge in [-0.05, 0) is 80.4 Å². The van der Waals surface area contributed by atoms with Crippen molar-refractivity contribution >= 4 is 11.7 Å². The molecule has 4 saturated carbocycles. The molecule has 4 aliphatic carbocycles. The van der Waals surface area contributed by atoms with Crippen molar-refractivity contribution in [3.05, 3.63) is 47.4 Å². The average molecular weight is 487 g/mol. The molecule has 4 fully saturated rings. The molecule has 1 amide bonds. The summed E-state index contributed by atoms with van der Waals surface area (Å²) in [7, 11) is 0. The lowest BCUT2D eigenvalue weighted by atomic mass is 9.49. The zero-order valence-corrected chi connectivity index (χ0v) is 19.5. The molecule has 9 heteroatoms. The number of anilines is 1. The molecule has 1 aliphatic heterocycles. The van der Waals surface area contributed by atoms with Gasteiger partial charge in [-0.3, -0.25) is 9.69 Å². The van der Waals surface area contributed by atoms with Crippen LogP contribution in [0.3, 0.4) is 0 Å². The highest BCUT2D eigenvalue weighted by Gasteiger charge is 2.54. The van der Waals surface area contributed by atoms with E-state index in [1.807, 2.05) is 0 Å². The molecule has 2 aromatic rings. The number of carbonyl (C=O) groups excluding carboxylic acids is 1. The molecule has 2 heterocycles. The number of nitrogens with one attached hydrogen (secondary N) is 1. The number of carbonyl (C=O) groups is 1. The van der Waals surface area contributed by atoms with Crippen molar-refractivity contribution in [3.63, 3.8) is 0 Å². The quantitative estimate of drug-likeness (QED) is 0.638. The number of benzene rings is 1. The van der Waals surface area contributed by atoms with Crippen molar-refractivity contribution in [1.82, 2.24) is 14.9 Å². The Hall–Kier alpha value is -2.68. The van der Waals surface area contributed by atoms with E-state index >= 15 is 0 Å². The normalized spacial score (nSPS) is 29.6. The third kappa shape index (κ3) is 4.62. The van der Waals surface area contributed by atoms with Crippen LogP contribution in [0.1, 0.15) is 55.3 Å². The molecule has 1 aromatic heterocycles. The third-order valence-electron chi connectivity index (χ3n) is 8.38. The number of hydrogen-bond acceptors (Lipinski definition) is 5. The van der Waals surface area contributed by atoms with Gasteiger partial charge in [0.1, 0.15) is 17.9 Å². The topological polar surface area (TPSA) is 67.4 Å². The maximum absolute atomic E-state index is 13.5. The van der Waals surface area contributed by atoms with E-state index in [0.717, 1.165) is 36.1 Å². The first-order chi connectivity index (χ1) is 16.7. The van der Waals surface area contributed by atoms with Crippen molar-refractivity contribution in [2.24, 2.45) is 23.2 Å². The maximum Gasteiger partial charge on any atom is 0.573 e. The number of hydrogen-bond donors (Lipinski definition) is 1. The fourth-order valence-electron chi connectivity index (χ4n) is 7.38. The Morgan fingerprint density at radius 2 is 1.83 bits per heavy atom. The fourth-order valence-corrected chi connectivity index (χ4v) is 7.38. The predicted octanol–water partition coefficient (Wildman–Crippen LogP) is 5.09. The summed E-state index contributed by atoms with van der Waals surface area (Å²) in [5.74, 6) is 2.61. The van der Waals surface area contributed by atoms with Crippen LogP contribution in [0.15, 0.2) is 30.6 Å². The monoisotopic (exact) mass is 486 g/mol. The van der Waals surface area contributed by atoms with Crippen molar-refractivity contribution in [3.8, 4) is 5.75 Å². The summed E-state index contributed by atoms with van der Waals surface area (Å²) < 4.78 is 41.7. The van der Waals surface area contributed by atoms with E-state index in [4.69, 9.17) is 0 Å². The first-order valence-electron chi connectivity index (χ1n) is 12.5.